The van der Waals surface area contributed by atoms with Crippen LogP contribution in [0, 0.1) is 0 Å². The average molecular weight is 621 g/mol. The summed E-state index contributed by atoms with van der Waals surface area (Å²) >= 11 is 0.998. The van der Waals surface area contributed by atoms with Crippen LogP contribution in [0.5, 0.6) is 5.88 Å². The predicted octanol–water partition coefficient (Wildman–Crippen LogP) is 1.26. The van der Waals surface area contributed by atoms with E-state index in [4.69, 9.17) is 5.73 Å². The van der Waals surface area contributed by atoms with Gasteiger partial charge in [0.1, 0.15) is 17.8 Å². The van der Waals surface area contributed by atoms with Crippen LogP contribution < -0.4 is 26.6 Å². The van der Waals surface area contributed by atoms with Crippen LogP contribution in [-0.2, 0) is 19.2 Å². The largest absolute Gasteiger partial charge is 0.492 e. The molecule has 228 valence electrons. The number of carbonyl (C=O) groups excluding carboxylic acids is 4. The smallest absolute Gasteiger partial charge is 0.327 e. The Labute approximate surface area is 254 Å². The van der Waals surface area contributed by atoms with Gasteiger partial charge in [0.2, 0.25) is 24.1 Å². The molecule has 1 aromatic heterocycles. The molecule has 2 fully saturated rings. The third-order valence-corrected chi connectivity index (χ3v) is 8.86. The van der Waals surface area contributed by atoms with Crippen molar-refractivity contribution < 1.29 is 34.2 Å². The van der Waals surface area contributed by atoms with Crippen molar-refractivity contribution in [3.05, 3.63) is 72.4 Å². The highest BCUT2D eigenvalue weighted by molar-refractivity contribution is 8.02. The van der Waals surface area contributed by atoms with Crippen molar-refractivity contribution in [1.29, 1.82) is 0 Å². The number of anilines is 3. The number of nitrogens with zero attached hydrogens (tertiary/aromatic N) is 4. The summed E-state index contributed by atoms with van der Waals surface area (Å²) in [7, 11) is 0. The van der Waals surface area contributed by atoms with E-state index in [0.717, 1.165) is 27.8 Å². The van der Waals surface area contributed by atoms with E-state index < -0.39 is 57.6 Å². The number of aromatic nitrogens is 2. The van der Waals surface area contributed by atoms with E-state index in [1.54, 1.807) is 56.3 Å². The normalized spacial score (nSPS) is 22.1. The van der Waals surface area contributed by atoms with Crippen molar-refractivity contribution in [2.45, 2.75) is 41.7 Å². The number of hydrogen-bond acceptors (Lipinski definition) is 10. The Morgan fingerprint density at radius 3 is 2.32 bits per heavy atom. The number of β-lactam (4-membered cyclic amide) rings is 1. The number of thioether (sulfide) groups is 1. The Kier molecular flexibility index (Phi) is 7.77. The third-order valence-electron chi connectivity index (χ3n) is 7.25. The number of nitrogens with two attached hydrogens (primary N) is 1. The molecule has 0 radical (unpaired) electrons. The minimum Gasteiger partial charge on any atom is -0.492 e. The van der Waals surface area contributed by atoms with Gasteiger partial charge in [0, 0.05) is 10.4 Å². The molecule has 0 aliphatic carbocycles. The van der Waals surface area contributed by atoms with Crippen LogP contribution >= 0.6 is 11.8 Å². The molecular formula is C28H28N8O7S. The number of rotatable bonds is 10. The lowest BCUT2D eigenvalue weighted by Crippen LogP contribution is -2.82. The van der Waals surface area contributed by atoms with Crippen LogP contribution in [0.4, 0.5) is 22.1 Å². The van der Waals surface area contributed by atoms with Crippen molar-refractivity contribution in [3.8, 4) is 5.88 Å². The van der Waals surface area contributed by atoms with E-state index in [9.17, 15) is 34.2 Å². The topological polar surface area (TPSA) is 220 Å². The van der Waals surface area contributed by atoms with E-state index >= 15 is 0 Å². The zero-order valence-electron chi connectivity index (χ0n) is 23.4. The minimum atomic E-state index is -1.62. The summed E-state index contributed by atoms with van der Waals surface area (Å²) in [5.41, 5.74) is 6.32. The number of hydrogen-bond donors (Lipinski definition) is 6. The zero-order valence-corrected chi connectivity index (χ0v) is 24.2. The highest BCUT2D eigenvalue weighted by atomic mass is 32.2. The van der Waals surface area contributed by atoms with Crippen LogP contribution in [0.3, 0.4) is 0 Å². The molecule has 16 heteroatoms. The molecule has 5 rings (SSSR count). The van der Waals surface area contributed by atoms with Gasteiger partial charge in [-0.3, -0.25) is 24.2 Å². The van der Waals surface area contributed by atoms with E-state index in [0.29, 0.717) is 12.1 Å². The molecule has 0 bridgehead atoms. The first-order chi connectivity index (χ1) is 20.9. The maximum atomic E-state index is 14.0. The van der Waals surface area contributed by atoms with Crippen LogP contribution in [0.25, 0.3) is 0 Å². The van der Waals surface area contributed by atoms with Crippen molar-refractivity contribution >= 4 is 59.3 Å². The van der Waals surface area contributed by atoms with Crippen LogP contribution in [0.1, 0.15) is 25.5 Å². The number of aromatic hydroxyl groups is 1. The lowest BCUT2D eigenvalue weighted by atomic mass is 9.92. The highest BCUT2D eigenvalue weighted by Gasteiger charge is 2.74. The van der Waals surface area contributed by atoms with Gasteiger partial charge in [0.05, 0.1) is 6.20 Å². The summed E-state index contributed by atoms with van der Waals surface area (Å²) in [4.78, 5) is 72.4. The third kappa shape index (κ3) is 5.08. The second-order valence-electron chi connectivity index (χ2n) is 10.5. The number of carboxylic acids is 1. The molecular weight excluding hydrogens is 592 g/mol. The van der Waals surface area contributed by atoms with Crippen molar-refractivity contribution in [1.82, 2.24) is 25.5 Å². The number of primary amides is 1. The number of para-hydroxylation sites is 1. The lowest BCUT2D eigenvalue weighted by molar-refractivity contribution is -0.171. The number of carboxylic acid groups (broad SMARTS) is 1. The standard InChI is InChI=1S/C28H28N8O7S/c1-27(2)20(24(41)42)36-23(40)19(28(36,44-27)31-14-37)33-22(39)18(15-9-5-3-6-10-15)35(25(29)43)17-13-30-26(34-21(17)38)32-16-11-7-4-8-12-16/h3-14,18-20H,1-2H3,(H2,29,43)(H,31,37)(H,33,39)(H,41,42)(H2,30,32,34,38)/t18?,19-,20-,28?/m0/s1. The summed E-state index contributed by atoms with van der Waals surface area (Å²) in [6.45, 7) is 3.21. The molecule has 0 saturated carbocycles. The second kappa shape index (κ2) is 11.4. The second-order valence-corrected chi connectivity index (χ2v) is 12.3. The van der Waals surface area contributed by atoms with Crippen molar-refractivity contribution in [2.24, 2.45) is 5.73 Å². The molecule has 15 nitrogen and oxygen atoms in total. The number of benzene rings is 2. The van der Waals surface area contributed by atoms with Crippen LogP contribution in [0.15, 0.2) is 66.9 Å². The Morgan fingerprint density at radius 2 is 1.75 bits per heavy atom. The SMILES string of the molecule is CC1(C)SC2(NC=O)[C@@H](NC(=O)C(c3ccccc3)N(C(N)=O)c3cnc(Nc4ccccc4)nc3O)C(=O)N2[C@H]1C(=O)O. The molecule has 44 heavy (non-hydrogen) atoms. The van der Waals surface area contributed by atoms with Gasteiger partial charge >= 0.3 is 12.0 Å². The Bertz CT molecular complexity index is 1630. The molecule has 2 unspecified atom stereocenters. The van der Waals surface area contributed by atoms with Gasteiger partial charge in [-0.15, -0.1) is 11.8 Å². The van der Waals surface area contributed by atoms with E-state index in [1.807, 2.05) is 6.07 Å². The van der Waals surface area contributed by atoms with Gasteiger partial charge in [-0.25, -0.2) is 14.6 Å². The maximum Gasteiger partial charge on any atom is 0.327 e. The highest BCUT2D eigenvalue weighted by Crippen LogP contribution is 2.57. The number of urea groups is 1. The molecule has 0 spiro atoms. The van der Waals surface area contributed by atoms with Gasteiger partial charge < -0.3 is 31.9 Å². The predicted molar refractivity (Wildman–Crippen MR) is 158 cm³/mol. The fourth-order valence-corrected chi connectivity index (χ4v) is 7.28. The summed E-state index contributed by atoms with van der Waals surface area (Å²) in [5, 5.41) is 28.7. The molecule has 7 N–H and O–H groups in total. The molecule has 2 saturated heterocycles. The Hall–Kier alpha value is -5.38. The number of fused-ring (bicyclic) bond motifs is 1. The summed E-state index contributed by atoms with van der Waals surface area (Å²) in [6, 6.07) is 11.4. The van der Waals surface area contributed by atoms with Gasteiger partial charge in [-0.2, -0.15) is 4.98 Å². The van der Waals surface area contributed by atoms with Crippen LogP contribution in [-0.4, -0.2) is 77.1 Å². The van der Waals surface area contributed by atoms with E-state index in [1.165, 1.54) is 12.1 Å². The van der Waals surface area contributed by atoms with Crippen molar-refractivity contribution in [2.75, 3.05) is 10.2 Å². The molecule has 3 aromatic rings. The minimum absolute atomic E-state index is 0.00141. The van der Waals surface area contributed by atoms with E-state index in [2.05, 4.69) is 25.9 Å². The zero-order chi connectivity index (χ0) is 31.8. The summed E-state index contributed by atoms with van der Waals surface area (Å²) in [5.74, 6) is -3.62. The average Bonchev–Trinajstić information content (AvgIpc) is 3.20. The number of nitrogens with one attached hydrogen (secondary N) is 3. The monoisotopic (exact) mass is 620 g/mol. The van der Waals surface area contributed by atoms with E-state index in [-0.39, 0.29) is 17.2 Å². The van der Waals surface area contributed by atoms with Gasteiger partial charge in [-0.1, -0.05) is 48.5 Å². The number of carbonyl (C=O) groups is 5. The maximum absolute atomic E-state index is 14.0. The Morgan fingerprint density at radius 1 is 1.11 bits per heavy atom. The van der Waals surface area contributed by atoms with Crippen molar-refractivity contribution in [3.63, 3.8) is 0 Å². The summed E-state index contributed by atoms with van der Waals surface area (Å²) in [6.07, 6.45) is 1.43. The molecule has 3 heterocycles. The number of aliphatic carboxylic acids is 1. The summed E-state index contributed by atoms with van der Waals surface area (Å²) < 4.78 is -1.05. The van der Waals surface area contributed by atoms with Gasteiger partial charge in [0.15, 0.2) is 11.0 Å². The quantitative estimate of drug-likeness (QED) is 0.140. The first-order valence-electron chi connectivity index (χ1n) is 13.2. The molecule has 2 aliphatic rings. The van der Waals surface area contributed by atoms with Crippen LogP contribution in [0.2, 0.25) is 0 Å². The molecule has 4 atom stereocenters. The number of amides is 5. The van der Waals surface area contributed by atoms with Gasteiger partial charge in [0.25, 0.3) is 5.91 Å². The fourth-order valence-electron chi connectivity index (χ4n) is 5.48. The first-order valence-corrected chi connectivity index (χ1v) is 14.0. The van der Waals surface area contributed by atoms with Gasteiger partial charge in [-0.05, 0) is 31.5 Å². The fraction of sp³-hybridized carbons (Fsp3) is 0.250. The Balaban J connectivity index is 1.50. The first kappa shape index (κ1) is 30.1. The molecule has 2 aromatic carbocycles. The molecule has 5 amide bonds. The molecule has 2 aliphatic heterocycles. The lowest BCUT2D eigenvalue weighted by Gasteiger charge is -2.53.